The van der Waals surface area contributed by atoms with E-state index in [-0.39, 0.29) is 0 Å². The molecule has 0 bridgehead atoms. The van der Waals surface area contributed by atoms with Gasteiger partial charge in [-0.1, -0.05) is 17.7 Å². The second-order valence-electron chi connectivity index (χ2n) is 5.52. The van der Waals surface area contributed by atoms with Crippen molar-refractivity contribution in [3.63, 3.8) is 0 Å². The summed E-state index contributed by atoms with van der Waals surface area (Å²) in [5, 5.41) is 6.11. The van der Waals surface area contributed by atoms with Crippen molar-refractivity contribution in [1.82, 2.24) is 9.78 Å². The quantitative estimate of drug-likeness (QED) is 0.590. The zero-order valence-corrected chi connectivity index (χ0v) is 15.8. The fourth-order valence-electron chi connectivity index (χ4n) is 2.50. The van der Waals surface area contributed by atoms with E-state index in [4.69, 9.17) is 25.9 Å². The van der Waals surface area contributed by atoms with E-state index in [2.05, 4.69) is 5.10 Å². The Bertz CT molecular complexity index is 940. The van der Waals surface area contributed by atoms with Crippen LogP contribution in [0.4, 0.5) is 10.5 Å². The van der Waals surface area contributed by atoms with Gasteiger partial charge in [0.2, 0.25) is 5.88 Å². The molecule has 3 rings (SSSR count). The first-order valence-electron chi connectivity index (χ1n) is 8.04. The molecule has 1 amide bonds. The van der Waals surface area contributed by atoms with Crippen molar-refractivity contribution in [3.05, 3.63) is 65.3 Å². The highest BCUT2D eigenvalue weighted by atomic mass is 35.5. The zero-order chi connectivity index (χ0) is 19.4. The van der Waals surface area contributed by atoms with Crippen LogP contribution >= 0.6 is 11.6 Å². The van der Waals surface area contributed by atoms with Gasteiger partial charge in [-0.05, 0) is 43.3 Å². The Hall–Kier alpha value is -3.03. The molecule has 0 N–H and O–H groups in total. The van der Waals surface area contributed by atoms with E-state index in [1.807, 2.05) is 19.1 Å². The predicted molar refractivity (Wildman–Crippen MR) is 102 cm³/mol. The monoisotopic (exact) mass is 387 g/mol. The van der Waals surface area contributed by atoms with Crippen molar-refractivity contribution in [3.8, 4) is 17.3 Å². The highest BCUT2D eigenvalue weighted by molar-refractivity contribution is 6.30. The van der Waals surface area contributed by atoms with Gasteiger partial charge < -0.3 is 9.47 Å². The number of amides is 1. The molecule has 8 heteroatoms. The lowest BCUT2D eigenvalue weighted by atomic mass is 10.2. The van der Waals surface area contributed by atoms with Crippen molar-refractivity contribution in [2.45, 2.75) is 6.92 Å². The van der Waals surface area contributed by atoms with Gasteiger partial charge in [-0.2, -0.15) is 5.06 Å². The van der Waals surface area contributed by atoms with Gasteiger partial charge in [-0.3, -0.25) is 4.84 Å². The van der Waals surface area contributed by atoms with Gasteiger partial charge in [0, 0.05) is 22.8 Å². The molecule has 1 aromatic heterocycles. The Morgan fingerprint density at radius 3 is 2.52 bits per heavy atom. The number of carbonyl (C=O) groups excluding carboxylic acids is 1. The van der Waals surface area contributed by atoms with Gasteiger partial charge in [0.05, 0.1) is 25.6 Å². The Balaban J connectivity index is 1.85. The van der Waals surface area contributed by atoms with Gasteiger partial charge in [-0.25, -0.2) is 9.48 Å². The zero-order valence-electron chi connectivity index (χ0n) is 15.0. The van der Waals surface area contributed by atoms with Crippen LogP contribution in [0.15, 0.2) is 54.7 Å². The van der Waals surface area contributed by atoms with Crippen LogP contribution < -0.4 is 9.80 Å². The Labute approximate surface area is 161 Å². The molecule has 0 spiro atoms. The molecule has 0 fully saturated rings. The van der Waals surface area contributed by atoms with Crippen LogP contribution in [0, 0.1) is 6.92 Å². The summed E-state index contributed by atoms with van der Waals surface area (Å²) in [6.45, 7) is 1.82. The Morgan fingerprint density at radius 1 is 1.11 bits per heavy atom. The third-order valence-corrected chi connectivity index (χ3v) is 4.12. The molecule has 0 aliphatic heterocycles. The summed E-state index contributed by atoms with van der Waals surface area (Å²) in [5.74, 6) is 0.951. The minimum atomic E-state index is -0.634. The second kappa shape index (κ2) is 8.11. The average molecular weight is 388 g/mol. The lowest BCUT2D eigenvalue weighted by molar-refractivity contribution is 0.115. The fourth-order valence-corrected chi connectivity index (χ4v) is 2.63. The molecule has 0 unspecified atom stereocenters. The van der Waals surface area contributed by atoms with E-state index in [0.29, 0.717) is 27.9 Å². The normalized spacial score (nSPS) is 10.5. The number of rotatable bonds is 5. The first-order valence-corrected chi connectivity index (χ1v) is 8.42. The van der Waals surface area contributed by atoms with E-state index in [1.165, 1.54) is 14.2 Å². The maximum absolute atomic E-state index is 11.9. The summed E-state index contributed by atoms with van der Waals surface area (Å²) in [7, 11) is 2.67. The average Bonchev–Trinajstić information content (AvgIpc) is 3.14. The van der Waals surface area contributed by atoms with Crippen LogP contribution in [0.1, 0.15) is 5.56 Å². The fraction of sp³-hybridized carbons (Fsp3) is 0.158. The largest absolute Gasteiger partial charge is 0.451 e. The van der Waals surface area contributed by atoms with Crippen LogP contribution in [0.5, 0.6) is 11.6 Å². The van der Waals surface area contributed by atoms with E-state index < -0.39 is 6.09 Å². The Morgan fingerprint density at radius 2 is 1.85 bits per heavy atom. The summed E-state index contributed by atoms with van der Waals surface area (Å²) in [6.07, 6.45) is 1.15. The lowest BCUT2D eigenvalue weighted by Gasteiger charge is -2.21. The predicted octanol–water partition coefficient (Wildman–Crippen LogP) is 4.76. The number of methoxy groups -OCH3 is 1. The lowest BCUT2D eigenvalue weighted by Crippen LogP contribution is -2.30. The van der Waals surface area contributed by atoms with Crippen molar-refractivity contribution in [1.29, 1.82) is 0 Å². The minimum absolute atomic E-state index is 0.409. The number of hydrogen-bond donors (Lipinski definition) is 0. The van der Waals surface area contributed by atoms with Crippen LogP contribution in [0.2, 0.25) is 5.02 Å². The maximum Gasteiger partial charge on any atom is 0.438 e. The number of benzene rings is 2. The minimum Gasteiger partial charge on any atom is -0.451 e. The van der Waals surface area contributed by atoms with E-state index in [0.717, 1.165) is 10.8 Å². The number of ether oxygens (including phenoxy) is 2. The van der Waals surface area contributed by atoms with Gasteiger partial charge in [0.1, 0.15) is 5.75 Å². The van der Waals surface area contributed by atoms with E-state index in [9.17, 15) is 4.79 Å². The summed E-state index contributed by atoms with van der Waals surface area (Å²) in [6, 6.07) is 14.3. The smallest absolute Gasteiger partial charge is 0.438 e. The first-order chi connectivity index (χ1) is 13.0. The molecule has 0 aliphatic carbocycles. The standard InChI is InChI=1S/C19H18ClN3O4/c1-13-16(23(26-3)19(24)25-2)5-4-6-17(13)27-18-11-12-22(21-18)15-9-7-14(20)8-10-15/h4-12H,1-3H3. The summed E-state index contributed by atoms with van der Waals surface area (Å²) in [4.78, 5) is 17.0. The molecule has 0 atom stereocenters. The number of nitrogens with zero attached hydrogens (tertiary/aromatic N) is 3. The number of halogens is 1. The second-order valence-corrected chi connectivity index (χ2v) is 5.96. The highest BCUT2D eigenvalue weighted by Crippen LogP contribution is 2.32. The molecule has 7 nitrogen and oxygen atoms in total. The molecule has 0 radical (unpaired) electrons. The van der Waals surface area contributed by atoms with Gasteiger partial charge in [-0.15, -0.1) is 5.10 Å². The Kier molecular flexibility index (Phi) is 5.63. The number of hydrogen-bond acceptors (Lipinski definition) is 5. The third kappa shape index (κ3) is 4.05. The van der Waals surface area contributed by atoms with Crippen molar-refractivity contribution in [2.75, 3.05) is 19.3 Å². The maximum atomic E-state index is 11.9. The molecule has 2 aromatic carbocycles. The first kappa shape index (κ1) is 18.8. The molecule has 140 valence electrons. The molecule has 0 saturated heterocycles. The molecule has 3 aromatic rings. The molecule has 0 aliphatic rings. The SMILES string of the molecule is COC(=O)N(OC)c1cccc(Oc2ccn(-c3ccc(Cl)cc3)n2)c1C. The third-order valence-electron chi connectivity index (χ3n) is 3.87. The molecular formula is C19H18ClN3O4. The van der Waals surface area contributed by atoms with Crippen molar-refractivity contribution < 1.29 is 19.1 Å². The van der Waals surface area contributed by atoms with Crippen LogP contribution in [-0.2, 0) is 9.57 Å². The van der Waals surface area contributed by atoms with Crippen molar-refractivity contribution in [2.24, 2.45) is 0 Å². The number of hydroxylamine groups is 1. The van der Waals surface area contributed by atoms with Crippen LogP contribution in [0.3, 0.4) is 0 Å². The molecule has 1 heterocycles. The highest BCUT2D eigenvalue weighted by Gasteiger charge is 2.20. The van der Waals surface area contributed by atoms with Gasteiger partial charge in [0.15, 0.2) is 0 Å². The molecule has 27 heavy (non-hydrogen) atoms. The number of aromatic nitrogens is 2. The van der Waals surface area contributed by atoms with Gasteiger partial charge in [0.25, 0.3) is 0 Å². The van der Waals surface area contributed by atoms with Crippen LogP contribution in [-0.4, -0.2) is 30.1 Å². The summed E-state index contributed by atoms with van der Waals surface area (Å²) >= 11 is 5.91. The molecular weight excluding hydrogens is 370 g/mol. The molecule has 0 saturated carbocycles. The summed E-state index contributed by atoms with van der Waals surface area (Å²) < 4.78 is 12.3. The topological polar surface area (TPSA) is 65.8 Å². The van der Waals surface area contributed by atoms with Gasteiger partial charge >= 0.3 is 6.09 Å². The number of carbonyl (C=O) groups is 1. The van der Waals surface area contributed by atoms with E-state index >= 15 is 0 Å². The van der Waals surface area contributed by atoms with Crippen molar-refractivity contribution >= 4 is 23.4 Å². The van der Waals surface area contributed by atoms with Crippen LogP contribution in [0.25, 0.3) is 5.69 Å². The summed E-state index contributed by atoms with van der Waals surface area (Å²) in [5.41, 5.74) is 2.07. The number of anilines is 1. The van der Waals surface area contributed by atoms with E-state index in [1.54, 1.807) is 47.3 Å².